The van der Waals surface area contributed by atoms with E-state index in [1.807, 2.05) is 13.8 Å². The van der Waals surface area contributed by atoms with Crippen molar-refractivity contribution >= 4 is 16.2 Å². The van der Waals surface area contributed by atoms with Crippen molar-refractivity contribution in [2.75, 3.05) is 13.1 Å². The number of carboxylic acid groups (broad SMARTS) is 1. The van der Waals surface area contributed by atoms with Crippen LogP contribution in [0.2, 0.25) is 0 Å². The van der Waals surface area contributed by atoms with Gasteiger partial charge in [-0.25, -0.2) is 0 Å². The largest absolute Gasteiger partial charge is 0.481 e. The maximum absolute atomic E-state index is 12.4. The molecule has 0 aromatic heterocycles. The zero-order valence-electron chi connectivity index (χ0n) is 12.5. The smallest absolute Gasteiger partial charge is 0.306 e. The van der Waals surface area contributed by atoms with Gasteiger partial charge in [-0.1, -0.05) is 0 Å². The lowest BCUT2D eigenvalue weighted by Gasteiger charge is -2.36. The summed E-state index contributed by atoms with van der Waals surface area (Å²) >= 11 is 0. The van der Waals surface area contributed by atoms with Gasteiger partial charge in [-0.05, 0) is 39.5 Å². The second kappa shape index (κ2) is 6.60. The highest BCUT2D eigenvalue weighted by molar-refractivity contribution is 7.87. The van der Waals surface area contributed by atoms with Crippen LogP contribution in [0.5, 0.6) is 0 Å². The summed E-state index contributed by atoms with van der Waals surface area (Å²) in [5, 5.41) is 8.96. The Hall–Kier alpha value is -0.700. The van der Waals surface area contributed by atoms with Crippen LogP contribution in [0, 0.1) is 5.92 Å². The zero-order chi connectivity index (χ0) is 15.6. The molecule has 1 saturated carbocycles. The van der Waals surface area contributed by atoms with Crippen molar-refractivity contribution in [2.45, 2.75) is 57.8 Å². The molecule has 2 atom stereocenters. The Kier molecular flexibility index (Phi) is 5.24. The Labute approximate surface area is 125 Å². The summed E-state index contributed by atoms with van der Waals surface area (Å²) in [6, 6.07) is -0.168. The van der Waals surface area contributed by atoms with E-state index in [0.29, 0.717) is 38.8 Å². The molecule has 0 radical (unpaired) electrons. The van der Waals surface area contributed by atoms with E-state index in [1.54, 1.807) is 0 Å². The molecule has 2 unspecified atom stereocenters. The van der Waals surface area contributed by atoms with Gasteiger partial charge >= 0.3 is 5.97 Å². The highest BCUT2D eigenvalue weighted by atomic mass is 32.2. The number of ether oxygens (including phenoxy) is 1. The van der Waals surface area contributed by atoms with Crippen LogP contribution in [0.25, 0.3) is 0 Å². The molecule has 0 aromatic carbocycles. The monoisotopic (exact) mass is 320 g/mol. The Balaban J connectivity index is 1.91. The van der Waals surface area contributed by atoms with Crippen molar-refractivity contribution in [3.8, 4) is 0 Å². The van der Waals surface area contributed by atoms with Gasteiger partial charge < -0.3 is 9.84 Å². The van der Waals surface area contributed by atoms with E-state index in [0.717, 1.165) is 0 Å². The van der Waals surface area contributed by atoms with E-state index in [2.05, 4.69) is 4.72 Å². The Morgan fingerprint density at radius 3 is 2.14 bits per heavy atom. The minimum absolute atomic E-state index is 0.118. The molecular weight excluding hydrogens is 296 g/mol. The average Bonchev–Trinajstić information content (AvgIpc) is 2.37. The first-order valence-electron chi connectivity index (χ1n) is 7.43. The number of morpholine rings is 1. The van der Waals surface area contributed by atoms with Crippen LogP contribution < -0.4 is 4.72 Å². The van der Waals surface area contributed by atoms with Gasteiger partial charge in [0, 0.05) is 19.1 Å². The minimum Gasteiger partial charge on any atom is -0.481 e. The van der Waals surface area contributed by atoms with Crippen LogP contribution in [0.1, 0.15) is 39.5 Å². The second-order valence-corrected chi connectivity index (χ2v) is 7.79. The third-order valence-corrected chi connectivity index (χ3v) is 5.73. The first-order valence-corrected chi connectivity index (χ1v) is 8.87. The quantitative estimate of drug-likeness (QED) is 0.789. The standard InChI is InChI=1S/C13H24N2O5S/c1-9-7-15(8-10(2)20-9)21(18,19)14-12-5-3-11(4-6-12)13(16)17/h9-12,14H,3-8H2,1-2H3,(H,16,17). The van der Waals surface area contributed by atoms with Crippen molar-refractivity contribution in [3.63, 3.8) is 0 Å². The number of hydrogen-bond donors (Lipinski definition) is 2. The van der Waals surface area contributed by atoms with Crippen molar-refractivity contribution in [2.24, 2.45) is 5.92 Å². The van der Waals surface area contributed by atoms with Gasteiger partial charge in [-0.3, -0.25) is 4.79 Å². The molecule has 21 heavy (non-hydrogen) atoms. The SMILES string of the molecule is CC1CN(S(=O)(=O)NC2CCC(C(=O)O)CC2)CC(C)O1. The number of aliphatic carboxylic acids is 1. The fraction of sp³-hybridized carbons (Fsp3) is 0.923. The summed E-state index contributed by atoms with van der Waals surface area (Å²) in [6.45, 7) is 4.42. The molecule has 1 aliphatic carbocycles. The lowest BCUT2D eigenvalue weighted by atomic mass is 9.87. The fourth-order valence-electron chi connectivity index (χ4n) is 3.07. The summed E-state index contributed by atoms with van der Waals surface area (Å²) in [5.74, 6) is -1.12. The van der Waals surface area contributed by atoms with E-state index < -0.39 is 16.2 Å². The summed E-state index contributed by atoms with van der Waals surface area (Å²) in [4.78, 5) is 10.9. The third kappa shape index (κ3) is 4.38. The molecule has 1 saturated heterocycles. The van der Waals surface area contributed by atoms with E-state index in [9.17, 15) is 13.2 Å². The van der Waals surface area contributed by atoms with Crippen LogP contribution in [0.3, 0.4) is 0 Å². The van der Waals surface area contributed by atoms with Gasteiger partial charge in [0.1, 0.15) is 0 Å². The van der Waals surface area contributed by atoms with Crippen molar-refractivity contribution in [3.05, 3.63) is 0 Å². The van der Waals surface area contributed by atoms with Crippen LogP contribution in [-0.2, 0) is 19.7 Å². The van der Waals surface area contributed by atoms with Gasteiger partial charge in [0.2, 0.25) is 0 Å². The lowest BCUT2D eigenvalue weighted by molar-refractivity contribution is -0.142. The highest BCUT2D eigenvalue weighted by Crippen LogP contribution is 2.25. The molecule has 0 aromatic rings. The van der Waals surface area contributed by atoms with Gasteiger partial charge in [0.25, 0.3) is 10.2 Å². The number of nitrogens with zero attached hydrogens (tertiary/aromatic N) is 1. The van der Waals surface area contributed by atoms with E-state index in [1.165, 1.54) is 4.31 Å². The number of carbonyl (C=O) groups is 1. The molecule has 0 spiro atoms. The molecule has 7 nitrogen and oxygen atoms in total. The topological polar surface area (TPSA) is 95.9 Å². The van der Waals surface area contributed by atoms with E-state index in [4.69, 9.17) is 9.84 Å². The maximum atomic E-state index is 12.4. The van der Waals surface area contributed by atoms with Crippen molar-refractivity contribution in [1.82, 2.24) is 9.03 Å². The molecule has 8 heteroatoms. The van der Waals surface area contributed by atoms with Crippen molar-refractivity contribution in [1.29, 1.82) is 0 Å². The van der Waals surface area contributed by atoms with Crippen LogP contribution >= 0.6 is 0 Å². The number of nitrogens with one attached hydrogen (secondary N) is 1. The maximum Gasteiger partial charge on any atom is 0.306 e. The molecule has 122 valence electrons. The van der Waals surface area contributed by atoms with Crippen LogP contribution in [0.15, 0.2) is 0 Å². The molecule has 1 aliphatic heterocycles. The number of carboxylic acids is 1. The average molecular weight is 320 g/mol. The Bertz CT molecular complexity index is 463. The molecule has 0 amide bonds. The van der Waals surface area contributed by atoms with Crippen molar-refractivity contribution < 1.29 is 23.1 Å². The summed E-state index contributed by atoms with van der Waals surface area (Å²) < 4.78 is 34.5. The fourth-order valence-corrected chi connectivity index (χ4v) is 4.69. The zero-order valence-corrected chi connectivity index (χ0v) is 13.3. The van der Waals surface area contributed by atoms with Crippen LogP contribution in [-0.4, -0.2) is 55.1 Å². The molecule has 2 aliphatic rings. The summed E-state index contributed by atoms with van der Waals surface area (Å²) in [7, 11) is -3.53. The van der Waals surface area contributed by atoms with Crippen LogP contribution in [0.4, 0.5) is 0 Å². The molecule has 2 fully saturated rings. The Morgan fingerprint density at radius 1 is 1.14 bits per heavy atom. The van der Waals surface area contributed by atoms with Gasteiger partial charge in [0.05, 0.1) is 18.1 Å². The first kappa shape index (κ1) is 16.7. The predicted octanol–water partition coefficient (Wildman–Crippen LogP) is 0.573. The predicted molar refractivity (Wildman–Crippen MR) is 77.0 cm³/mol. The molecular formula is C13H24N2O5S. The van der Waals surface area contributed by atoms with E-state index >= 15 is 0 Å². The first-order chi connectivity index (χ1) is 9.78. The molecule has 2 rings (SSSR count). The molecule has 0 bridgehead atoms. The highest BCUT2D eigenvalue weighted by Gasteiger charge is 2.34. The van der Waals surface area contributed by atoms with Gasteiger partial charge in [-0.2, -0.15) is 17.4 Å². The minimum atomic E-state index is -3.53. The van der Waals surface area contributed by atoms with Gasteiger partial charge in [-0.15, -0.1) is 0 Å². The Morgan fingerprint density at radius 2 is 1.67 bits per heavy atom. The normalized spacial score (nSPS) is 35.5. The lowest BCUT2D eigenvalue weighted by Crippen LogP contribution is -2.54. The number of rotatable bonds is 4. The molecule has 2 N–H and O–H groups in total. The number of hydrogen-bond acceptors (Lipinski definition) is 4. The van der Waals surface area contributed by atoms with Gasteiger partial charge in [0.15, 0.2) is 0 Å². The summed E-state index contributed by atoms with van der Waals surface area (Å²) in [5.41, 5.74) is 0. The van der Waals surface area contributed by atoms with E-state index in [-0.39, 0.29) is 24.2 Å². The third-order valence-electron chi connectivity index (χ3n) is 4.12. The second-order valence-electron chi connectivity index (χ2n) is 6.08. The summed E-state index contributed by atoms with van der Waals surface area (Å²) in [6.07, 6.45) is 1.97. The molecule has 1 heterocycles.